The Kier molecular flexibility index (Phi) is 8.50. The number of alkyl halides is 3. The summed E-state index contributed by atoms with van der Waals surface area (Å²) in [6.45, 7) is 2.97. The first-order chi connectivity index (χ1) is 11.4. The van der Waals surface area contributed by atoms with E-state index < -0.39 is 6.36 Å². The van der Waals surface area contributed by atoms with Gasteiger partial charge in [0, 0.05) is 9.75 Å². The number of guanidine groups is 1. The highest BCUT2D eigenvalue weighted by atomic mass is 127. The van der Waals surface area contributed by atoms with Crippen LogP contribution in [0.2, 0.25) is 0 Å². The second kappa shape index (κ2) is 9.85. The second-order valence-corrected chi connectivity index (χ2v) is 6.22. The number of hydrogen-bond acceptors (Lipinski definition) is 3. The maximum Gasteiger partial charge on any atom is 0.573 e. The van der Waals surface area contributed by atoms with Crippen LogP contribution in [0.4, 0.5) is 13.2 Å². The lowest BCUT2D eigenvalue weighted by Gasteiger charge is -2.09. The first kappa shape index (κ1) is 21.6. The first-order valence-electron chi connectivity index (χ1n) is 7.32. The molecule has 0 spiro atoms. The molecule has 0 bridgehead atoms. The molecule has 1 heterocycles. The van der Waals surface area contributed by atoms with Crippen LogP contribution in [-0.4, -0.2) is 12.3 Å². The van der Waals surface area contributed by atoms with E-state index in [2.05, 4.69) is 28.0 Å². The summed E-state index contributed by atoms with van der Waals surface area (Å²) in [5, 5.41) is 3.01. The van der Waals surface area contributed by atoms with Crippen LogP contribution in [-0.2, 0) is 19.5 Å². The van der Waals surface area contributed by atoms with Crippen molar-refractivity contribution >= 4 is 41.3 Å². The molecular weight excluding hydrogens is 466 g/mol. The number of aryl methyl sites for hydroxylation is 1. The van der Waals surface area contributed by atoms with Crippen LogP contribution < -0.4 is 15.8 Å². The second-order valence-electron chi connectivity index (χ2n) is 4.97. The standard InChI is InChI=1S/C16H18F3N3OS.HI/c1-2-13-7-8-14(24-13)10-22-15(20)21-9-11-3-5-12(6-4-11)23-16(17,18)19;/h3-8H,2,9-10H2,1H3,(H3,20,21,22);1H. The Morgan fingerprint density at radius 2 is 1.80 bits per heavy atom. The summed E-state index contributed by atoms with van der Waals surface area (Å²) in [4.78, 5) is 6.64. The molecule has 1 aromatic carbocycles. The topological polar surface area (TPSA) is 59.6 Å². The Balaban J connectivity index is 0.00000312. The van der Waals surface area contributed by atoms with Gasteiger partial charge in [-0.2, -0.15) is 0 Å². The predicted molar refractivity (Wildman–Crippen MR) is 104 cm³/mol. The van der Waals surface area contributed by atoms with Gasteiger partial charge in [0.15, 0.2) is 5.96 Å². The Morgan fingerprint density at radius 1 is 1.16 bits per heavy atom. The van der Waals surface area contributed by atoms with Crippen molar-refractivity contribution in [3.8, 4) is 5.75 Å². The lowest BCUT2D eigenvalue weighted by atomic mass is 10.2. The van der Waals surface area contributed by atoms with Gasteiger partial charge in [-0.3, -0.25) is 0 Å². The van der Waals surface area contributed by atoms with Crippen LogP contribution in [0.15, 0.2) is 41.4 Å². The summed E-state index contributed by atoms with van der Waals surface area (Å²) in [5.41, 5.74) is 6.53. The molecule has 3 N–H and O–H groups in total. The molecule has 0 aliphatic carbocycles. The van der Waals surface area contributed by atoms with Crippen molar-refractivity contribution in [1.82, 2.24) is 5.32 Å². The zero-order valence-corrected chi connectivity index (χ0v) is 16.6. The molecule has 0 aliphatic heterocycles. The molecule has 25 heavy (non-hydrogen) atoms. The number of nitrogens with one attached hydrogen (secondary N) is 1. The van der Waals surface area contributed by atoms with E-state index >= 15 is 0 Å². The third-order valence-corrected chi connectivity index (χ3v) is 4.33. The lowest BCUT2D eigenvalue weighted by Crippen LogP contribution is -2.30. The van der Waals surface area contributed by atoms with Gasteiger partial charge in [-0.05, 0) is 36.2 Å². The summed E-state index contributed by atoms with van der Waals surface area (Å²) in [5.74, 6) is 0.0304. The van der Waals surface area contributed by atoms with Crippen LogP contribution in [0.25, 0.3) is 0 Å². The largest absolute Gasteiger partial charge is 0.573 e. The molecule has 9 heteroatoms. The normalized spacial score (nSPS) is 11.8. The molecule has 0 aliphatic rings. The number of hydrogen-bond donors (Lipinski definition) is 2. The van der Waals surface area contributed by atoms with Crippen molar-refractivity contribution in [1.29, 1.82) is 0 Å². The van der Waals surface area contributed by atoms with Crippen LogP contribution >= 0.6 is 35.3 Å². The van der Waals surface area contributed by atoms with Crippen LogP contribution in [0.3, 0.4) is 0 Å². The number of nitrogens with two attached hydrogens (primary N) is 1. The predicted octanol–water partition coefficient (Wildman–Crippen LogP) is 4.43. The van der Waals surface area contributed by atoms with Crippen molar-refractivity contribution < 1.29 is 17.9 Å². The maximum atomic E-state index is 12.1. The number of thiophene rings is 1. The zero-order chi connectivity index (χ0) is 17.6. The quantitative estimate of drug-likeness (QED) is 0.362. The van der Waals surface area contributed by atoms with Crippen molar-refractivity contribution in [2.24, 2.45) is 10.7 Å². The third kappa shape index (κ3) is 7.95. The number of rotatable bonds is 6. The maximum absolute atomic E-state index is 12.1. The molecule has 0 atom stereocenters. The molecule has 0 fully saturated rings. The minimum atomic E-state index is -4.69. The zero-order valence-electron chi connectivity index (χ0n) is 13.5. The number of benzene rings is 1. The average molecular weight is 485 g/mol. The molecule has 2 rings (SSSR count). The first-order valence-corrected chi connectivity index (χ1v) is 8.13. The lowest BCUT2D eigenvalue weighted by molar-refractivity contribution is -0.274. The molecule has 0 saturated carbocycles. The molecule has 4 nitrogen and oxygen atoms in total. The van der Waals surface area contributed by atoms with E-state index in [0.717, 1.165) is 12.0 Å². The molecule has 0 unspecified atom stereocenters. The highest BCUT2D eigenvalue weighted by Crippen LogP contribution is 2.22. The van der Waals surface area contributed by atoms with Crippen molar-refractivity contribution in [2.45, 2.75) is 32.8 Å². The Hall–Kier alpha value is -1.49. The van der Waals surface area contributed by atoms with Crippen LogP contribution in [0.1, 0.15) is 22.2 Å². The van der Waals surface area contributed by atoms with E-state index in [1.807, 2.05) is 6.07 Å². The van der Waals surface area contributed by atoms with E-state index in [9.17, 15) is 13.2 Å². The molecule has 0 amide bonds. The number of halogens is 4. The van der Waals surface area contributed by atoms with E-state index in [0.29, 0.717) is 6.54 Å². The van der Waals surface area contributed by atoms with Crippen LogP contribution in [0, 0.1) is 0 Å². The van der Waals surface area contributed by atoms with Crippen LogP contribution in [0.5, 0.6) is 5.75 Å². The Morgan fingerprint density at radius 3 is 2.36 bits per heavy atom. The fourth-order valence-electron chi connectivity index (χ4n) is 1.91. The van der Waals surface area contributed by atoms with Gasteiger partial charge < -0.3 is 15.8 Å². The average Bonchev–Trinajstić information content (AvgIpc) is 2.99. The van der Waals surface area contributed by atoms with Crippen molar-refractivity contribution in [3.63, 3.8) is 0 Å². The van der Waals surface area contributed by atoms with E-state index in [1.165, 1.54) is 34.0 Å². The SMILES string of the molecule is CCc1ccc(CNC(N)=NCc2ccc(OC(F)(F)F)cc2)s1.I. The minimum absolute atomic E-state index is 0. The Bertz CT molecular complexity index is 687. The summed E-state index contributed by atoms with van der Waals surface area (Å²) in [6, 6.07) is 9.66. The molecule has 1 aromatic heterocycles. The van der Waals surface area contributed by atoms with Crippen molar-refractivity contribution in [2.75, 3.05) is 0 Å². The van der Waals surface area contributed by atoms with Gasteiger partial charge in [-0.25, -0.2) is 4.99 Å². The third-order valence-electron chi connectivity index (χ3n) is 3.10. The molecule has 0 radical (unpaired) electrons. The highest BCUT2D eigenvalue weighted by molar-refractivity contribution is 14.0. The summed E-state index contributed by atoms with van der Waals surface area (Å²) >= 11 is 1.72. The van der Waals surface area contributed by atoms with Gasteiger partial charge in [-0.1, -0.05) is 19.1 Å². The molecular formula is C16H19F3IN3OS. The van der Waals surface area contributed by atoms with Gasteiger partial charge in [0.05, 0.1) is 13.1 Å². The minimum Gasteiger partial charge on any atom is -0.406 e. The fourth-order valence-corrected chi connectivity index (χ4v) is 2.81. The van der Waals surface area contributed by atoms with Gasteiger partial charge in [-0.15, -0.1) is 48.5 Å². The molecule has 2 aromatic rings. The van der Waals surface area contributed by atoms with Crippen molar-refractivity contribution in [3.05, 3.63) is 51.7 Å². The smallest absolute Gasteiger partial charge is 0.406 e. The summed E-state index contributed by atoms with van der Waals surface area (Å²) in [7, 11) is 0. The van der Waals surface area contributed by atoms with E-state index in [1.54, 1.807) is 11.3 Å². The summed E-state index contributed by atoms with van der Waals surface area (Å²) in [6.07, 6.45) is -3.68. The highest BCUT2D eigenvalue weighted by Gasteiger charge is 2.30. The van der Waals surface area contributed by atoms with Gasteiger partial charge in [0.25, 0.3) is 0 Å². The van der Waals surface area contributed by atoms with E-state index in [-0.39, 0.29) is 42.2 Å². The summed E-state index contributed by atoms with van der Waals surface area (Å²) < 4.78 is 40.0. The van der Waals surface area contributed by atoms with Gasteiger partial charge in [0.1, 0.15) is 5.75 Å². The monoisotopic (exact) mass is 485 g/mol. The number of nitrogens with zero attached hydrogens (tertiary/aromatic N) is 1. The molecule has 0 saturated heterocycles. The van der Waals surface area contributed by atoms with E-state index in [4.69, 9.17) is 5.73 Å². The number of ether oxygens (including phenoxy) is 1. The Labute approximate surface area is 165 Å². The number of aliphatic imine (C=N–C) groups is 1. The molecule has 138 valence electrons. The van der Waals surface area contributed by atoms with Gasteiger partial charge in [0.2, 0.25) is 0 Å². The van der Waals surface area contributed by atoms with Gasteiger partial charge >= 0.3 is 6.36 Å². The fraction of sp³-hybridized carbons (Fsp3) is 0.312.